The van der Waals surface area contributed by atoms with Gasteiger partial charge in [-0.25, -0.2) is 4.79 Å². The second-order valence-corrected chi connectivity index (χ2v) is 5.37. The summed E-state index contributed by atoms with van der Waals surface area (Å²) in [6, 6.07) is 6.52. The topological polar surface area (TPSA) is 103 Å². The number of nitrogens with one attached hydrogen (secondary N) is 2. The number of hydrogen-bond acceptors (Lipinski definition) is 6. The van der Waals surface area contributed by atoms with Crippen molar-refractivity contribution in [1.82, 2.24) is 10.6 Å². The van der Waals surface area contributed by atoms with Gasteiger partial charge in [0.2, 0.25) is 5.91 Å². The van der Waals surface area contributed by atoms with Crippen molar-refractivity contribution in [2.24, 2.45) is 0 Å². The third kappa shape index (κ3) is 6.33. The largest absolute Gasteiger partial charge is 0.494 e. The molecule has 0 aromatic heterocycles. The van der Waals surface area contributed by atoms with Crippen LogP contribution < -0.4 is 20.1 Å². The first-order chi connectivity index (χ1) is 12.1. The molecule has 25 heavy (non-hydrogen) atoms. The Morgan fingerprint density at radius 3 is 2.48 bits per heavy atom. The minimum Gasteiger partial charge on any atom is -0.494 e. The van der Waals surface area contributed by atoms with E-state index < -0.39 is 17.9 Å². The van der Waals surface area contributed by atoms with Gasteiger partial charge in [0, 0.05) is 6.42 Å². The maximum Gasteiger partial charge on any atom is 0.329 e. The van der Waals surface area contributed by atoms with Crippen molar-refractivity contribution >= 4 is 17.8 Å². The number of rotatable bonds is 9. The fourth-order valence-corrected chi connectivity index (χ4v) is 2.24. The lowest BCUT2D eigenvalue weighted by Crippen LogP contribution is -2.37. The first kappa shape index (κ1) is 18.6. The Hall–Kier alpha value is -2.77. The van der Waals surface area contributed by atoms with E-state index in [4.69, 9.17) is 14.2 Å². The van der Waals surface area contributed by atoms with E-state index in [0.29, 0.717) is 25.2 Å². The van der Waals surface area contributed by atoms with Gasteiger partial charge in [-0.3, -0.25) is 9.59 Å². The van der Waals surface area contributed by atoms with Crippen molar-refractivity contribution in [3.05, 3.63) is 24.3 Å². The van der Waals surface area contributed by atoms with Gasteiger partial charge in [0.05, 0.1) is 13.2 Å². The third-order valence-corrected chi connectivity index (χ3v) is 3.45. The predicted molar refractivity (Wildman–Crippen MR) is 88.2 cm³/mol. The quantitative estimate of drug-likeness (QED) is 0.494. The Bertz CT molecular complexity index is 602. The van der Waals surface area contributed by atoms with Crippen LogP contribution in [0.4, 0.5) is 0 Å². The number of carbonyl (C=O) groups excluding carboxylic acids is 3. The standard InChI is InChI=1S/C17H22N2O6/c1-2-23-12-3-5-13(6-4-12)24-10-9-18-16(21)11-25-17(22)14-7-8-15(20)19-14/h3-6,14H,2,7-11H2,1H3,(H,18,21)(H,19,20)/t14-/m1/s1. The van der Waals surface area contributed by atoms with Gasteiger partial charge >= 0.3 is 5.97 Å². The number of carbonyl (C=O) groups is 3. The predicted octanol–water partition coefficient (Wildman–Crippen LogP) is 0.402. The Balaban J connectivity index is 1.57. The van der Waals surface area contributed by atoms with Crippen molar-refractivity contribution in [1.29, 1.82) is 0 Å². The molecule has 2 N–H and O–H groups in total. The molecule has 0 saturated carbocycles. The fourth-order valence-electron chi connectivity index (χ4n) is 2.24. The Labute approximate surface area is 145 Å². The molecule has 1 aliphatic heterocycles. The summed E-state index contributed by atoms with van der Waals surface area (Å²) in [7, 11) is 0. The molecule has 2 rings (SSSR count). The van der Waals surface area contributed by atoms with Crippen LogP contribution in [0.2, 0.25) is 0 Å². The summed E-state index contributed by atoms with van der Waals surface area (Å²) in [5.74, 6) is 0.238. The molecule has 1 saturated heterocycles. The lowest BCUT2D eigenvalue weighted by atomic mass is 10.2. The highest BCUT2D eigenvalue weighted by molar-refractivity contribution is 5.89. The van der Waals surface area contributed by atoms with Crippen LogP contribution in [0.3, 0.4) is 0 Å². The van der Waals surface area contributed by atoms with Crippen LogP contribution in [0.15, 0.2) is 24.3 Å². The fraction of sp³-hybridized carbons (Fsp3) is 0.471. The van der Waals surface area contributed by atoms with Gasteiger partial charge in [-0.05, 0) is 37.6 Å². The van der Waals surface area contributed by atoms with E-state index in [9.17, 15) is 14.4 Å². The Kier molecular flexibility index (Phi) is 7.06. The zero-order valence-corrected chi connectivity index (χ0v) is 14.1. The summed E-state index contributed by atoms with van der Waals surface area (Å²) in [5, 5.41) is 5.07. The molecule has 8 heteroatoms. The van der Waals surface area contributed by atoms with E-state index in [1.54, 1.807) is 24.3 Å². The van der Waals surface area contributed by atoms with Crippen molar-refractivity contribution in [3.63, 3.8) is 0 Å². The van der Waals surface area contributed by atoms with Gasteiger partial charge in [0.25, 0.3) is 5.91 Å². The number of hydrogen-bond donors (Lipinski definition) is 2. The summed E-state index contributed by atoms with van der Waals surface area (Å²) in [4.78, 5) is 34.3. The normalized spacial score (nSPS) is 16.0. The zero-order chi connectivity index (χ0) is 18.1. The van der Waals surface area contributed by atoms with Gasteiger partial charge in [-0.15, -0.1) is 0 Å². The van der Waals surface area contributed by atoms with E-state index in [0.717, 1.165) is 5.75 Å². The van der Waals surface area contributed by atoms with Crippen LogP contribution >= 0.6 is 0 Å². The summed E-state index contributed by atoms with van der Waals surface area (Å²) in [5.41, 5.74) is 0. The molecule has 1 heterocycles. The highest BCUT2D eigenvalue weighted by Crippen LogP contribution is 2.17. The van der Waals surface area contributed by atoms with Crippen LogP contribution in [0, 0.1) is 0 Å². The first-order valence-corrected chi connectivity index (χ1v) is 8.17. The SMILES string of the molecule is CCOc1ccc(OCCNC(=O)COC(=O)[C@H]2CCC(=O)N2)cc1. The Morgan fingerprint density at radius 2 is 1.88 bits per heavy atom. The third-order valence-electron chi connectivity index (χ3n) is 3.45. The summed E-state index contributed by atoms with van der Waals surface area (Å²) in [6.07, 6.45) is 0.698. The van der Waals surface area contributed by atoms with E-state index >= 15 is 0 Å². The van der Waals surface area contributed by atoms with Crippen molar-refractivity contribution < 1.29 is 28.6 Å². The van der Waals surface area contributed by atoms with Gasteiger partial charge in [0.15, 0.2) is 6.61 Å². The van der Waals surface area contributed by atoms with E-state index in [2.05, 4.69) is 10.6 Å². The molecule has 1 atom stereocenters. The van der Waals surface area contributed by atoms with Gasteiger partial charge < -0.3 is 24.8 Å². The van der Waals surface area contributed by atoms with Crippen LogP contribution in [0.25, 0.3) is 0 Å². The molecule has 1 aromatic carbocycles. The molecule has 1 aromatic rings. The minimum absolute atomic E-state index is 0.183. The van der Waals surface area contributed by atoms with Crippen LogP contribution in [0.1, 0.15) is 19.8 Å². The smallest absolute Gasteiger partial charge is 0.329 e. The highest BCUT2D eigenvalue weighted by atomic mass is 16.5. The second kappa shape index (κ2) is 9.51. The Morgan fingerprint density at radius 1 is 1.20 bits per heavy atom. The van der Waals surface area contributed by atoms with Crippen molar-refractivity contribution in [2.45, 2.75) is 25.8 Å². The molecule has 0 bridgehead atoms. The maximum atomic E-state index is 11.6. The van der Waals surface area contributed by atoms with Crippen LogP contribution in [0.5, 0.6) is 11.5 Å². The minimum atomic E-state index is -0.650. The van der Waals surface area contributed by atoms with Crippen molar-refractivity contribution in [2.75, 3.05) is 26.4 Å². The first-order valence-electron chi connectivity index (χ1n) is 8.17. The lowest BCUT2D eigenvalue weighted by Gasteiger charge is -2.11. The van der Waals surface area contributed by atoms with Crippen LogP contribution in [-0.2, 0) is 19.1 Å². The van der Waals surface area contributed by atoms with Crippen LogP contribution in [-0.4, -0.2) is 50.2 Å². The molecule has 1 fully saturated rings. The second-order valence-electron chi connectivity index (χ2n) is 5.37. The molecule has 0 spiro atoms. The lowest BCUT2D eigenvalue weighted by molar-refractivity contribution is -0.150. The molecule has 136 valence electrons. The molecular formula is C17H22N2O6. The average Bonchev–Trinajstić information content (AvgIpc) is 3.05. The monoisotopic (exact) mass is 350 g/mol. The van der Waals surface area contributed by atoms with Gasteiger partial charge in [-0.2, -0.15) is 0 Å². The average molecular weight is 350 g/mol. The summed E-state index contributed by atoms with van der Waals surface area (Å²) < 4.78 is 15.7. The summed E-state index contributed by atoms with van der Waals surface area (Å²) >= 11 is 0. The zero-order valence-electron chi connectivity index (χ0n) is 14.1. The molecule has 0 radical (unpaired) electrons. The van der Waals surface area contributed by atoms with Crippen molar-refractivity contribution in [3.8, 4) is 11.5 Å². The maximum absolute atomic E-state index is 11.6. The molecule has 0 aliphatic carbocycles. The van der Waals surface area contributed by atoms with Gasteiger partial charge in [-0.1, -0.05) is 0 Å². The van der Waals surface area contributed by atoms with E-state index in [1.165, 1.54) is 0 Å². The van der Waals surface area contributed by atoms with Gasteiger partial charge in [0.1, 0.15) is 24.1 Å². The number of benzene rings is 1. The molecular weight excluding hydrogens is 328 g/mol. The number of amides is 2. The number of esters is 1. The number of ether oxygens (including phenoxy) is 3. The molecule has 8 nitrogen and oxygen atoms in total. The molecule has 2 amide bonds. The van der Waals surface area contributed by atoms with E-state index in [1.807, 2.05) is 6.92 Å². The summed E-state index contributed by atoms with van der Waals surface area (Å²) in [6.45, 7) is 2.70. The van der Waals surface area contributed by atoms with E-state index in [-0.39, 0.29) is 25.7 Å². The molecule has 1 aliphatic rings. The highest BCUT2D eigenvalue weighted by Gasteiger charge is 2.28. The molecule has 0 unspecified atom stereocenters.